The van der Waals surface area contributed by atoms with Gasteiger partial charge in [-0.1, -0.05) is 24.3 Å². The van der Waals surface area contributed by atoms with Gasteiger partial charge in [-0.25, -0.2) is 0 Å². The van der Waals surface area contributed by atoms with E-state index < -0.39 is 11.7 Å². The summed E-state index contributed by atoms with van der Waals surface area (Å²) in [4.78, 5) is 10.2. The molecule has 1 N–H and O–H groups in total. The molecule has 0 spiro atoms. The summed E-state index contributed by atoms with van der Waals surface area (Å²) < 4.78 is 42.9. The third-order valence-electron chi connectivity index (χ3n) is 2.97. The van der Waals surface area contributed by atoms with Crippen LogP contribution in [0.5, 0.6) is 5.75 Å². The van der Waals surface area contributed by atoms with Gasteiger partial charge in [0.1, 0.15) is 12.4 Å². The van der Waals surface area contributed by atoms with Crippen LogP contribution in [0.1, 0.15) is 16.7 Å². The number of carbonyl (C=O) groups excluding carboxylic acids is 1. The van der Waals surface area contributed by atoms with Crippen molar-refractivity contribution >= 4 is 6.41 Å². The lowest BCUT2D eigenvalue weighted by Gasteiger charge is -2.10. The largest absolute Gasteiger partial charge is 0.489 e. The molecule has 0 aliphatic heterocycles. The Labute approximate surface area is 125 Å². The number of halogens is 3. The predicted molar refractivity (Wildman–Crippen MR) is 75.1 cm³/mol. The number of nitrogens with one attached hydrogen (secondary N) is 1. The number of ether oxygens (including phenoxy) is 1. The minimum Gasteiger partial charge on any atom is -0.489 e. The van der Waals surface area contributed by atoms with Crippen molar-refractivity contribution in [2.75, 3.05) is 0 Å². The maximum Gasteiger partial charge on any atom is 0.416 e. The zero-order valence-electron chi connectivity index (χ0n) is 11.6. The quantitative estimate of drug-likeness (QED) is 0.829. The van der Waals surface area contributed by atoms with Crippen LogP contribution >= 0.6 is 0 Å². The van der Waals surface area contributed by atoms with Gasteiger partial charge in [-0.2, -0.15) is 13.2 Å². The molecule has 3 nitrogen and oxygen atoms in total. The third kappa shape index (κ3) is 4.51. The standard InChI is InChI=1S/C16H14F3NO2/c17-16(18,19)14-6-4-12(5-7-14)10-22-15-3-1-2-13(8-15)9-20-11-21/h1-8,11H,9-10H2,(H,20,21). The molecule has 0 aromatic heterocycles. The van der Waals surface area contributed by atoms with Crippen molar-refractivity contribution in [2.24, 2.45) is 0 Å². The van der Waals surface area contributed by atoms with E-state index in [-0.39, 0.29) is 6.61 Å². The van der Waals surface area contributed by atoms with E-state index in [2.05, 4.69) is 5.32 Å². The molecule has 0 heterocycles. The molecule has 22 heavy (non-hydrogen) atoms. The molecule has 0 bridgehead atoms. The molecule has 0 unspecified atom stereocenters. The van der Waals surface area contributed by atoms with Crippen LogP contribution in [-0.4, -0.2) is 6.41 Å². The van der Waals surface area contributed by atoms with Crippen LogP contribution in [0, 0.1) is 0 Å². The lowest BCUT2D eigenvalue weighted by molar-refractivity contribution is -0.137. The van der Waals surface area contributed by atoms with Crippen molar-refractivity contribution in [3.63, 3.8) is 0 Å². The topological polar surface area (TPSA) is 38.3 Å². The van der Waals surface area contributed by atoms with Gasteiger partial charge >= 0.3 is 6.18 Å². The average Bonchev–Trinajstić information content (AvgIpc) is 2.51. The van der Waals surface area contributed by atoms with E-state index >= 15 is 0 Å². The first-order valence-corrected chi connectivity index (χ1v) is 6.54. The van der Waals surface area contributed by atoms with E-state index in [0.717, 1.165) is 17.7 Å². The fourth-order valence-electron chi connectivity index (χ4n) is 1.86. The van der Waals surface area contributed by atoms with Crippen LogP contribution in [0.2, 0.25) is 0 Å². The smallest absolute Gasteiger partial charge is 0.416 e. The van der Waals surface area contributed by atoms with Crippen LogP contribution in [0.25, 0.3) is 0 Å². The molecule has 0 atom stereocenters. The number of benzene rings is 2. The summed E-state index contributed by atoms with van der Waals surface area (Å²) in [7, 11) is 0. The molecule has 2 aromatic carbocycles. The van der Waals surface area contributed by atoms with Crippen molar-refractivity contribution in [2.45, 2.75) is 19.3 Å². The molecule has 0 aliphatic rings. The van der Waals surface area contributed by atoms with Gasteiger partial charge in [0.15, 0.2) is 0 Å². The summed E-state index contributed by atoms with van der Waals surface area (Å²) in [5.74, 6) is 0.588. The number of rotatable bonds is 6. The van der Waals surface area contributed by atoms with Crippen molar-refractivity contribution in [1.29, 1.82) is 0 Å². The van der Waals surface area contributed by atoms with E-state index in [4.69, 9.17) is 4.74 Å². The highest BCUT2D eigenvalue weighted by Gasteiger charge is 2.29. The maximum atomic E-state index is 12.5. The average molecular weight is 309 g/mol. The van der Waals surface area contributed by atoms with Crippen molar-refractivity contribution in [1.82, 2.24) is 5.32 Å². The molecule has 6 heteroatoms. The first-order valence-electron chi connectivity index (χ1n) is 6.54. The van der Waals surface area contributed by atoms with E-state index in [0.29, 0.717) is 24.3 Å². The summed E-state index contributed by atoms with van der Waals surface area (Å²) in [5.41, 5.74) is 0.833. The van der Waals surface area contributed by atoms with Gasteiger partial charge in [0.05, 0.1) is 5.56 Å². The molecule has 116 valence electrons. The van der Waals surface area contributed by atoms with Gasteiger partial charge in [0, 0.05) is 6.54 Å². The van der Waals surface area contributed by atoms with Crippen molar-refractivity contribution in [3.8, 4) is 5.75 Å². The van der Waals surface area contributed by atoms with Crippen LogP contribution in [0.15, 0.2) is 48.5 Å². The summed E-state index contributed by atoms with van der Waals surface area (Å²) in [5, 5.41) is 2.54. The number of hydrogen-bond donors (Lipinski definition) is 1. The first kappa shape index (κ1) is 15.9. The molecule has 0 radical (unpaired) electrons. The Morgan fingerprint density at radius 2 is 1.77 bits per heavy atom. The van der Waals surface area contributed by atoms with E-state index in [1.807, 2.05) is 6.07 Å². The number of amides is 1. The van der Waals surface area contributed by atoms with Crippen molar-refractivity contribution in [3.05, 3.63) is 65.2 Å². The summed E-state index contributed by atoms with van der Waals surface area (Å²) in [6.45, 7) is 0.559. The van der Waals surface area contributed by atoms with E-state index in [1.54, 1.807) is 18.2 Å². The minimum atomic E-state index is -4.33. The number of carbonyl (C=O) groups is 1. The maximum absolute atomic E-state index is 12.5. The molecule has 0 saturated heterocycles. The molecular weight excluding hydrogens is 295 g/mol. The Morgan fingerprint density at radius 1 is 1.05 bits per heavy atom. The van der Waals surface area contributed by atoms with Gasteiger partial charge in [-0.3, -0.25) is 4.79 Å². The van der Waals surface area contributed by atoms with E-state index in [9.17, 15) is 18.0 Å². The zero-order chi connectivity index (χ0) is 16.0. The number of hydrogen-bond acceptors (Lipinski definition) is 2. The second-order valence-corrected chi connectivity index (χ2v) is 4.63. The highest BCUT2D eigenvalue weighted by Crippen LogP contribution is 2.29. The summed E-state index contributed by atoms with van der Waals surface area (Å²) in [6.07, 6.45) is -3.73. The number of alkyl halides is 3. The molecule has 0 aliphatic carbocycles. The Morgan fingerprint density at radius 3 is 2.41 bits per heavy atom. The van der Waals surface area contributed by atoms with Crippen LogP contribution in [0.3, 0.4) is 0 Å². The fraction of sp³-hybridized carbons (Fsp3) is 0.188. The van der Waals surface area contributed by atoms with E-state index in [1.165, 1.54) is 12.1 Å². The predicted octanol–water partition coefficient (Wildman–Crippen LogP) is 3.53. The Balaban J connectivity index is 1.96. The highest BCUT2D eigenvalue weighted by atomic mass is 19.4. The Hall–Kier alpha value is -2.50. The summed E-state index contributed by atoms with van der Waals surface area (Å²) in [6, 6.07) is 12.0. The first-order chi connectivity index (χ1) is 10.5. The molecule has 0 fully saturated rings. The molecule has 1 amide bonds. The Bertz CT molecular complexity index is 624. The van der Waals surface area contributed by atoms with Crippen molar-refractivity contribution < 1.29 is 22.7 Å². The van der Waals surface area contributed by atoms with Gasteiger partial charge in [-0.05, 0) is 35.4 Å². The SMILES string of the molecule is O=CNCc1cccc(OCc2ccc(C(F)(F)F)cc2)c1. The monoisotopic (exact) mass is 309 g/mol. The molecule has 2 aromatic rings. The van der Waals surface area contributed by atoms with Gasteiger partial charge < -0.3 is 10.1 Å². The zero-order valence-corrected chi connectivity index (χ0v) is 11.6. The van der Waals surface area contributed by atoms with Crippen LogP contribution in [0.4, 0.5) is 13.2 Å². The molecule has 0 saturated carbocycles. The van der Waals surface area contributed by atoms with Crippen LogP contribution in [-0.2, 0) is 24.1 Å². The van der Waals surface area contributed by atoms with Crippen LogP contribution < -0.4 is 10.1 Å². The second kappa shape index (κ2) is 6.98. The highest BCUT2D eigenvalue weighted by molar-refractivity contribution is 5.46. The summed E-state index contributed by atoms with van der Waals surface area (Å²) >= 11 is 0. The lowest BCUT2D eigenvalue weighted by Crippen LogP contribution is -2.09. The second-order valence-electron chi connectivity index (χ2n) is 4.63. The normalized spacial score (nSPS) is 11.0. The van der Waals surface area contributed by atoms with Gasteiger partial charge in [0.25, 0.3) is 0 Å². The van der Waals surface area contributed by atoms with Gasteiger partial charge in [0.2, 0.25) is 6.41 Å². The lowest BCUT2D eigenvalue weighted by atomic mass is 10.1. The Kier molecular flexibility index (Phi) is 5.04. The molecular formula is C16H14F3NO2. The third-order valence-corrected chi connectivity index (χ3v) is 2.97. The fourth-order valence-corrected chi connectivity index (χ4v) is 1.86. The molecule has 2 rings (SSSR count). The van der Waals surface area contributed by atoms with Gasteiger partial charge in [-0.15, -0.1) is 0 Å². The minimum absolute atomic E-state index is 0.169.